The van der Waals surface area contributed by atoms with Crippen LogP contribution in [0.1, 0.15) is 29.0 Å². The van der Waals surface area contributed by atoms with Crippen LogP contribution >= 0.6 is 0 Å². The van der Waals surface area contributed by atoms with Crippen LogP contribution in [-0.2, 0) is 6.18 Å². The molecule has 0 aliphatic carbocycles. The van der Waals surface area contributed by atoms with Crippen LogP contribution in [0.3, 0.4) is 0 Å². The standard InChI is InChI=1S/C16H15F3O/c17-16(18,19)14-8-6-13(7-9-14)15(10-11-20)12-4-2-1-3-5-12/h1-9,15,20H,10-11H2. The van der Waals surface area contributed by atoms with Crippen LogP contribution in [0.4, 0.5) is 13.2 Å². The Morgan fingerprint density at radius 1 is 0.850 bits per heavy atom. The largest absolute Gasteiger partial charge is 0.416 e. The first kappa shape index (κ1) is 14.6. The fraction of sp³-hybridized carbons (Fsp3) is 0.250. The fourth-order valence-electron chi connectivity index (χ4n) is 2.24. The highest BCUT2D eigenvalue weighted by Gasteiger charge is 2.30. The van der Waals surface area contributed by atoms with Gasteiger partial charge in [0.2, 0.25) is 0 Å². The van der Waals surface area contributed by atoms with Crippen molar-refractivity contribution in [1.82, 2.24) is 0 Å². The number of benzene rings is 2. The summed E-state index contributed by atoms with van der Waals surface area (Å²) >= 11 is 0. The predicted octanol–water partition coefficient (Wildman–Crippen LogP) is 4.22. The minimum absolute atomic E-state index is 0.0133. The summed E-state index contributed by atoms with van der Waals surface area (Å²) < 4.78 is 37.7. The molecule has 0 spiro atoms. The maximum Gasteiger partial charge on any atom is 0.416 e. The Balaban J connectivity index is 2.31. The topological polar surface area (TPSA) is 20.2 Å². The van der Waals surface area contributed by atoms with Crippen molar-refractivity contribution in [3.63, 3.8) is 0 Å². The molecule has 2 aromatic carbocycles. The number of hydrogen-bond acceptors (Lipinski definition) is 1. The number of alkyl halides is 3. The van der Waals surface area contributed by atoms with Crippen LogP contribution in [0.25, 0.3) is 0 Å². The van der Waals surface area contributed by atoms with Crippen molar-refractivity contribution in [2.45, 2.75) is 18.5 Å². The summed E-state index contributed by atoms with van der Waals surface area (Å²) in [4.78, 5) is 0. The molecule has 0 radical (unpaired) electrons. The third-order valence-electron chi connectivity index (χ3n) is 3.26. The zero-order valence-corrected chi connectivity index (χ0v) is 10.8. The van der Waals surface area contributed by atoms with E-state index in [0.717, 1.165) is 23.3 Å². The summed E-state index contributed by atoms with van der Waals surface area (Å²) in [5.74, 6) is -0.0940. The average Bonchev–Trinajstić information content (AvgIpc) is 2.45. The van der Waals surface area contributed by atoms with Gasteiger partial charge in [-0.05, 0) is 29.7 Å². The molecule has 1 atom stereocenters. The third-order valence-corrected chi connectivity index (χ3v) is 3.26. The van der Waals surface area contributed by atoms with Crippen molar-refractivity contribution in [2.24, 2.45) is 0 Å². The fourth-order valence-corrected chi connectivity index (χ4v) is 2.24. The van der Waals surface area contributed by atoms with E-state index in [9.17, 15) is 13.2 Å². The van der Waals surface area contributed by atoms with Crippen LogP contribution in [0.15, 0.2) is 54.6 Å². The van der Waals surface area contributed by atoms with E-state index in [2.05, 4.69) is 0 Å². The van der Waals surface area contributed by atoms with Gasteiger partial charge in [-0.3, -0.25) is 0 Å². The summed E-state index contributed by atoms with van der Waals surface area (Å²) in [5.41, 5.74) is 1.11. The lowest BCUT2D eigenvalue weighted by Crippen LogP contribution is -2.07. The summed E-state index contributed by atoms with van der Waals surface area (Å²) in [6.45, 7) is -0.0133. The second kappa shape index (κ2) is 6.09. The molecule has 1 unspecified atom stereocenters. The molecule has 4 heteroatoms. The van der Waals surface area contributed by atoms with Gasteiger partial charge >= 0.3 is 6.18 Å². The molecule has 0 heterocycles. The number of rotatable bonds is 4. The Morgan fingerprint density at radius 3 is 1.90 bits per heavy atom. The quantitative estimate of drug-likeness (QED) is 0.889. The number of aliphatic hydroxyl groups excluding tert-OH is 1. The van der Waals surface area contributed by atoms with Crippen molar-refractivity contribution in [3.05, 3.63) is 71.3 Å². The molecule has 0 saturated carbocycles. The zero-order chi connectivity index (χ0) is 14.6. The number of hydrogen-bond donors (Lipinski definition) is 1. The minimum atomic E-state index is -4.32. The lowest BCUT2D eigenvalue weighted by atomic mass is 9.88. The summed E-state index contributed by atoms with van der Waals surface area (Å²) in [6.07, 6.45) is -3.84. The van der Waals surface area contributed by atoms with Gasteiger partial charge in [-0.1, -0.05) is 42.5 Å². The molecule has 0 saturated heterocycles. The van der Waals surface area contributed by atoms with Crippen molar-refractivity contribution in [3.8, 4) is 0 Å². The Kier molecular flexibility index (Phi) is 4.45. The number of aliphatic hydroxyl groups is 1. The second-order valence-electron chi connectivity index (χ2n) is 4.60. The molecular weight excluding hydrogens is 265 g/mol. The van der Waals surface area contributed by atoms with Gasteiger partial charge in [0.15, 0.2) is 0 Å². The monoisotopic (exact) mass is 280 g/mol. The maximum atomic E-state index is 12.6. The Hall–Kier alpha value is -1.81. The Labute approximate surface area is 115 Å². The zero-order valence-electron chi connectivity index (χ0n) is 10.8. The van der Waals surface area contributed by atoms with Crippen molar-refractivity contribution < 1.29 is 18.3 Å². The van der Waals surface area contributed by atoms with Gasteiger partial charge in [-0.15, -0.1) is 0 Å². The van der Waals surface area contributed by atoms with Gasteiger partial charge in [0.25, 0.3) is 0 Å². The normalized spacial score (nSPS) is 13.2. The molecule has 1 nitrogen and oxygen atoms in total. The highest BCUT2D eigenvalue weighted by atomic mass is 19.4. The average molecular weight is 280 g/mol. The van der Waals surface area contributed by atoms with Gasteiger partial charge in [0, 0.05) is 12.5 Å². The second-order valence-corrected chi connectivity index (χ2v) is 4.60. The lowest BCUT2D eigenvalue weighted by Gasteiger charge is -2.17. The molecule has 106 valence electrons. The summed E-state index contributed by atoms with van der Waals surface area (Å²) in [6, 6.07) is 14.6. The van der Waals surface area contributed by atoms with Crippen LogP contribution in [-0.4, -0.2) is 11.7 Å². The molecule has 2 rings (SSSR count). The summed E-state index contributed by atoms with van der Waals surface area (Å²) in [5, 5.41) is 9.16. The van der Waals surface area contributed by atoms with E-state index in [1.165, 1.54) is 12.1 Å². The van der Waals surface area contributed by atoms with Gasteiger partial charge in [0.1, 0.15) is 0 Å². The van der Waals surface area contributed by atoms with E-state index in [1.54, 1.807) is 0 Å². The third kappa shape index (κ3) is 3.39. The molecule has 0 bridgehead atoms. The molecule has 0 aliphatic rings. The van der Waals surface area contributed by atoms with Crippen LogP contribution in [0.5, 0.6) is 0 Å². The van der Waals surface area contributed by atoms with Crippen LogP contribution < -0.4 is 0 Å². The van der Waals surface area contributed by atoms with Crippen LogP contribution in [0, 0.1) is 0 Å². The van der Waals surface area contributed by atoms with E-state index in [-0.39, 0.29) is 12.5 Å². The molecule has 0 fully saturated rings. The van der Waals surface area contributed by atoms with E-state index < -0.39 is 11.7 Å². The van der Waals surface area contributed by atoms with Gasteiger partial charge in [-0.2, -0.15) is 13.2 Å². The molecule has 0 aromatic heterocycles. The number of halogens is 3. The minimum Gasteiger partial charge on any atom is -0.396 e. The molecule has 20 heavy (non-hydrogen) atoms. The van der Waals surface area contributed by atoms with E-state index >= 15 is 0 Å². The first-order valence-corrected chi connectivity index (χ1v) is 6.35. The van der Waals surface area contributed by atoms with E-state index in [0.29, 0.717) is 6.42 Å². The van der Waals surface area contributed by atoms with Crippen LogP contribution in [0.2, 0.25) is 0 Å². The highest BCUT2D eigenvalue weighted by Crippen LogP contribution is 2.32. The highest BCUT2D eigenvalue weighted by molar-refractivity contribution is 5.34. The predicted molar refractivity (Wildman–Crippen MR) is 71.4 cm³/mol. The van der Waals surface area contributed by atoms with Crippen molar-refractivity contribution >= 4 is 0 Å². The van der Waals surface area contributed by atoms with Gasteiger partial charge in [0.05, 0.1) is 5.56 Å². The molecule has 1 N–H and O–H groups in total. The maximum absolute atomic E-state index is 12.6. The molecule has 0 amide bonds. The first-order chi connectivity index (χ1) is 9.52. The molecular formula is C16H15F3O. The van der Waals surface area contributed by atoms with Crippen molar-refractivity contribution in [2.75, 3.05) is 6.61 Å². The molecule has 2 aromatic rings. The van der Waals surface area contributed by atoms with E-state index in [1.807, 2.05) is 30.3 Å². The SMILES string of the molecule is OCCC(c1ccccc1)c1ccc(C(F)(F)F)cc1. The Morgan fingerprint density at radius 2 is 1.40 bits per heavy atom. The van der Waals surface area contributed by atoms with E-state index in [4.69, 9.17) is 5.11 Å². The van der Waals surface area contributed by atoms with Gasteiger partial charge in [-0.25, -0.2) is 0 Å². The first-order valence-electron chi connectivity index (χ1n) is 6.35. The van der Waals surface area contributed by atoms with Gasteiger partial charge < -0.3 is 5.11 Å². The van der Waals surface area contributed by atoms with Crippen molar-refractivity contribution in [1.29, 1.82) is 0 Å². The lowest BCUT2D eigenvalue weighted by molar-refractivity contribution is -0.137. The summed E-state index contributed by atoms with van der Waals surface area (Å²) in [7, 11) is 0. The molecule has 0 aliphatic heterocycles. The smallest absolute Gasteiger partial charge is 0.396 e. The Bertz CT molecular complexity index is 532.